The van der Waals surface area contributed by atoms with Gasteiger partial charge < -0.3 is 5.32 Å². The summed E-state index contributed by atoms with van der Waals surface area (Å²) in [5.41, 5.74) is 0.744. The van der Waals surface area contributed by atoms with Crippen LogP contribution >= 0.6 is 0 Å². The van der Waals surface area contributed by atoms with Crippen LogP contribution in [-0.2, 0) is 11.3 Å². The fourth-order valence-corrected chi connectivity index (χ4v) is 2.92. The van der Waals surface area contributed by atoms with Crippen molar-refractivity contribution in [2.45, 2.75) is 31.8 Å². The quantitative estimate of drug-likeness (QED) is 0.914. The molecule has 2 aromatic heterocycles. The normalized spacial score (nSPS) is 19.0. The van der Waals surface area contributed by atoms with Crippen LogP contribution in [0.4, 0.5) is 5.69 Å². The third kappa shape index (κ3) is 3.92. The second-order valence-corrected chi connectivity index (χ2v) is 5.64. The van der Waals surface area contributed by atoms with Crippen LogP contribution < -0.4 is 5.32 Å². The summed E-state index contributed by atoms with van der Waals surface area (Å²) in [5.74, 6) is 0.0142. The van der Waals surface area contributed by atoms with E-state index in [2.05, 4.69) is 20.3 Å². The average Bonchev–Trinajstić information content (AvgIpc) is 3.03. The molecule has 116 valence electrons. The molecule has 0 spiro atoms. The standard InChI is InChI=1S/C16H21N5O/c22-16(19-14-5-3-7-17-11-14)13-20-9-2-1-6-15(20)12-21-10-4-8-18-21/h3-5,7-8,10-11,15H,1-2,6,9,12-13H2,(H,19,22). The number of piperidine rings is 1. The zero-order valence-electron chi connectivity index (χ0n) is 12.6. The Balaban J connectivity index is 1.57. The fourth-order valence-electron chi connectivity index (χ4n) is 2.92. The Hall–Kier alpha value is -2.21. The first-order valence-electron chi connectivity index (χ1n) is 7.72. The zero-order chi connectivity index (χ0) is 15.2. The van der Waals surface area contributed by atoms with Crippen LogP contribution in [-0.4, -0.2) is 44.7 Å². The van der Waals surface area contributed by atoms with Crippen molar-refractivity contribution in [2.75, 3.05) is 18.4 Å². The molecule has 22 heavy (non-hydrogen) atoms. The largest absolute Gasteiger partial charge is 0.324 e. The second-order valence-electron chi connectivity index (χ2n) is 5.64. The van der Waals surface area contributed by atoms with Crippen molar-refractivity contribution in [3.05, 3.63) is 43.0 Å². The number of pyridine rings is 1. The van der Waals surface area contributed by atoms with Gasteiger partial charge in [0.2, 0.25) is 5.91 Å². The number of nitrogens with one attached hydrogen (secondary N) is 1. The molecule has 2 aromatic rings. The Kier molecular flexibility index (Phi) is 4.80. The lowest BCUT2D eigenvalue weighted by Crippen LogP contribution is -2.46. The smallest absolute Gasteiger partial charge is 0.238 e. The van der Waals surface area contributed by atoms with Crippen molar-refractivity contribution in [2.24, 2.45) is 0 Å². The van der Waals surface area contributed by atoms with Crippen LogP contribution in [0.2, 0.25) is 0 Å². The van der Waals surface area contributed by atoms with Gasteiger partial charge in [-0.25, -0.2) is 0 Å². The SMILES string of the molecule is O=C(CN1CCCCC1Cn1cccn1)Nc1cccnc1. The lowest BCUT2D eigenvalue weighted by molar-refractivity contribution is -0.118. The molecular weight excluding hydrogens is 278 g/mol. The van der Waals surface area contributed by atoms with Gasteiger partial charge in [-0.3, -0.25) is 19.4 Å². The highest BCUT2D eigenvalue weighted by Crippen LogP contribution is 2.18. The van der Waals surface area contributed by atoms with Crippen LogP contribution in [0, 0.1) is 0 Å². The van der Waals surface area contributed by atoms with Gasteiger partial charge in [-0.1, -0.05) is 6.42 Å². The molecule has 1 aliphatic rings. The number of anilines is 1. The molecule has 6 nitrogen and oxygen atoms in total. The molecule has 0 bridgehead atoms. The summed E-state index contributed by atoms with van der Waals surface area (Å²) in [5, 5.41) is 7.18. The van der Waals surface area contributed by atoms with Crippen molar-refractivity contribution >= 4 is 11.6 Å². The number of carbonyl (C=O) groups is 1. The molecular formula is C16H21N5O. The second kappa shape index (κ2) is 7.17. The lowest BCUT2D eigenvalue weighted by Gasteiger charge is -2.35. The molecule has 1 amide bonds. The molecule has 1 atom stereocenters. The summed E-state index contributed by atoms with van der Waals surface area (Å²) in [6.45, 7) is 2.22. The number of hydrogen-bond donors (Lipinski definition) is 1. The molecule has 1 fully saturated rings. The Morgan fingerprint density at radius 3 is 3.05 bits per heavy atom. The summed E-state index contributed by atoms with van der Waals surface area (Å²) < 4.78 is 1.95. The van der Waals surface area contributed by atoms with Gasteiger partial charge in [0, 0.05) is 24.6 Å². The van der Waals surface area contributed by atoms with Gasteiger partial charge in [0.15, 0.2) is 0 Å². The predicted octanol–water partition coefficient (Wildman–Crippen LogP) is 1.77. The van der Waals surface area contributed by atoms with E-state index in [0.29, 0.717) is 12.6 Å². The minimum absolute atomic E-state index is 0.0142. The third-order valence-electron chi connectivity index (χ3n) is 4.00. The number of nitrogens with zero attached hydrogens (tertiary/aromatic N) is 4. The monoisotopic (exact) mass is 299 g/mol. The van der Waals surface area contributed by atoms with E-state index in [1.165, 1.54) is 6.42 Å². The molecule has 0 aromatic carbocycles. The van der Waals surface area contributed by atoms with Gasteiger partial charge in [-0.2, -0.15) is 5.10 Å². The molecule has 0 aliphatic carbocycles. The van der Waals surface area contributed by atoms with Gasteiger partial charge in [-0.05, 0) is 37.6 Å². The van der Waals surface area contributed by atoms with E-state index in [-0.39, 0.29) is 5.91 Å². The van der Waals surface area contributed by atoms with E-state index in [4.69, 9.17) is 0 Å². The molecule has 0 radical (unpaired) electrons. The van der Waals surface area contributed by atoms with Crippen molar-refractivity contribution in [3.63, 3.8) is 0 Å². The highest BCUT2D eigenvalue weighted by atomic mass is 16.2. The van der Waals surface area contributed by atoms with Gasteiger partial charge in [-0.15, -0.1) is 0 Å². The van der Waals surface area contributed by atoms with Gasteiger partial charge >= 0.3 is 0 Å². The molecule has 1 unspecified atom stereocenters. The predicted molar refractivity (Wildman–Crippen MR) is 84.3 cm³/mol. The van der Waals surface area contributed by atoms with Crippen LogP contribution in [0.3, 0.4) is 0 Å². The highest BCUT2D eigenvalue weighted by molar-refractivity contribution is 5.92. The van der Waals surface area contributed by atoms with E-state index in [9.17, 15) is 4.79 Å². The number of likely N-dealkylation sites (tertiary alicyclic amines) is 1. The molecule has 1 N–H and O–H groups in total. The van der Waals surface area contributed by atoms with E-state index in [1.54, 1.807) is 18.6 Å². The number of hydrogen-bond acceptors (Lipinski definition) is 4. The summed E-state index contributed by atoms with van der Waals surface area (Å²) in [4.78, 5) is 18.5. The third-order valence-corrected chi connectivity index (χ3v) is 4.00. The van der Waals surface area contributed by atoms with Gasteiger partial charge in [0.25, 0.3) is 0 Å². The summed E-state index contributed by atoms with van der Waals surface area (Å²) >= 11 is 0. The highest BCUT2D eigenvalue weighted by Gasteiger charge is 2.24. The van der Waals surface area contributed by atoms with Crippen molar-refractivity contribution in [1.82, 2.24) is 19.7 Å². The maximum absolute atomic E-state index is 12.2. The number of rotatable bonds is 5. The molecule has 1 saturated heterocycles. The first-order valence-corrected chi connectivity index (χ1v) is 7.72. The minimum Gasteiger partial charge on any atom is -0.324 e. The first-order chi connectivity index (χ1) is 10.8. The number of amides is 1. The fraction of sp³-hybridized carbons (Fsp3) is 0.438. The van der Waals surface area contributed by atoms with E-state index in [0.717, 1.165) is 31.6 Å². The Morgan fingerprint density at radius 2 is 2.27 bits per heavy atom. The average molecular weight is 299 g/mol. The van der Waals surface area contributed by atoms with Gasteiger partial charge in [0.1, 0.15) is 0 Å². The van der Waals surface area contributed by atoms with Crippen LogP contribution in [0.1, 0.15) is 19.3 Å². The Morgan fingerprint density at radius 1 is 1.32 bits per heavy atom. The van der Waals surface area contributed by atoms with Crippen LogP contribution in [0.25, 0.3) is 0 Å². The molecule has 1 aliphatic heterocycles. The zero-order valence-corrected chi connectivity index (χ0v) is 12.6. The number of carbonyl (C=O) groups excluding carboxylic acids is 1. The lowest BCUT2D eigenvalue weighted by atomic mass is 10.0. The van der Waals surface area contributed by atoms with Crippen molar-refractivity contribution in [1.29, 1.82) is 0 Å². The first kappa shape index (κ1) is 14.7. The number of aromatic nitrogens is 3. The topological polar surface area (TPSA) is 63.1 Å². The maximum atomic E-state index is 12.2. The van der Waals surface area contributed by atoms with Crippen LogP contribution in [0.15, 0.2) is 43.0 Å². The Bertz CT molecular complexity index is 584. The molecule has 6 heteroatoms. The summed E-state index contributed by atoms with van der Waals surface area (Å²) in [7, 11) is 0. The van der Waals surface area contributed by atoms with E-state index >= 15 is 0 Å². The summed E-state index contributed by atoms with van der Waals surface area (Å²) in [6, 6.07) is 5.97. The van der Waals surface area contributed by atoms with E-state index < -0.39 is 0 Å². The maximum Gasteiger partial charge on any atom is 0.238 e. The van der Waals surface area contributed by atoms with Crippen molar-refractivity contribution in [3.8, 4) is 0 Å². The van der Waals surface area contributed by atoms with Gasteiger partial charge in [0.05, 0.1) is 25.0 Å². The van der Waals surface area contributed by atoms with Crippen molar-refractivity contribution < 1.29 is 4.79 Å². The summed E-state index contributed by atoms with van der Waals surface area (Å²) in [6.07, 6.45) is 10.6. The molecule has 0 saturated carbocycles. The van der Waals surface area contributed by atoms with E-state index in [1.807, 2.05) is 29.1 Å². The minimum atomic E-state index is 0.0142. The molecule has 3 rings (SSSR count). The van der Waals surface area contributed by atoms with Crippen LogP contribution in [0.5, 0.6) is 0 Å². The Labute approximate surface area is 130 Å². The molecule has 3 heterocycles.